The van der Waals surface area contributed by atoms with Crippen molar-refractivity contribution >= 4 is 27.6 Å². The van der Waals surface area contributed by atoms with Crippen LogP contribution in [0.1, 0.15) is 45.4 Å². The molecule has 2 aliphatic rings. The van der Waals surface area contributed by atoms with Gasteiger partial charge < -0.3 is 19.5 Å². The van der Waals surface area contributed by atoms with Gasteiger partial charge in [0.2, 0.25) is 0 Å². The SMILES string of the molecule is COC(=O)c1ccc2c(c1C)N[C@H](c1cc(Br)c(OC)c(OC)c1)[C@@H]1CC=C[C@@H]21. The van der Waals surface area contributed by atoms with Gasteiger partial charge in [-0.05, 0) is 70.1 Å². The third-order valence-electron chi connectivity index (χ3n) is 6.02. The molecule has 0 bridgehead atoms. The quantitative estimate of drug-likeness (QED) is 0.492. The lowest BCUT2D eigenvalue weighted by Gasteiger charge is -2.39. The number of carbonyl (C=O) groups excluding carboxylic acids is 1. The Morgan fingerprint density at radius 2 is 1.97 bits per heavy atom. The standard InChI is InChI=1S/C23H24BrNO4/c1-12-14(23(26)29-4)8-9-17-15-6-5-7-16(15)21(25-20(12)17)13-10-18(24)22(28-3)19(11-13)27-2/h5-6,8-11,15-16,21,25H,7H2,1-4H3/t15-,16-,21-/m1/s1. The van der Waals surface area contributed by atoms with Crippen molar-refractivity contribution in [1.29, 1.82) is 0 Å². The Bertz CT molecular complexity index is 1000. The Balaban J connectivity index is 1.83. The van der Waals surface area contributed by atoms with E-state index in [1.165, 1.54) is 12.7 Å². The van der Waals surface area contributed by atoms with Gasteiger partial charge in [-0.3, -0.25) is 0 Å². The summed E-state index contributed by atoms with van der Waals surface area (Å²) in [5.41, 5.74) is 4.85. The van der Waals surface area contributed by atoms with Gasteiger partial charge in [0, 0.05) is 11.6 Å². The highest BCUT2D eigenvalue weighted by Gasteiger charge is 2.39. The molecule has 1 aliphatic carbocycles. The van der Waals surface area contributed by atoms with Crippen molar-refractivity contribution in [1.82, 2.24) is 0 Å². The molecule has 0 amide bonds. The van der Waals surface area contributed by atoms with Crippen LogP contribution < -0.4 is 14.8 Å². The predicted molar refractivity (Wildman–Crippen MR) is 116 cm³/mol. The second-order valence-electron chi connectivity index (χ2n) is 7.41. The summed E-state index contributed by atoms with van der Waals surface area (Å²) in [7, 11) is 4.69. The molecule has 5 nitrogen and oxygen atoms in total. The number of nitrogens with one attached hydrogen (secondary N) is 1. The number of esters is 1. The molecule has 0 fully saturated rings. The molecule has 0 unspecified atom stereocenters. The van der Waals surface area contributed by atoms with Crippen molar-refractivity contribution in [2.75, 3.05) is 26.6 Å². The molecule has 29 heavy (non-hydrogen) atoms. The molecule has 1 aliphatic heterocycles. The lowest BCUT2D eigenvalue weighted by Crippen LogP contribution is -2.30. The monoisotopic (exact) mass is 457 g/mol. The van der Waals surface area contributed by atoms with Crippen LogP contribution in [0.4, 0.5) is 5.69 Å². The van der Waals surface area contributed by atoms with Crippen LogP contribution >= 0.6 is 15.9 Å². The third kappa shape index (κ3) is 3.19. The molecular formula is C23H24BrNO4. The number of halogens is 1. The number of fused-ring (bicyclic) bond motifs is 3. The molecular weight excluding hydrogens is 434 g/mol. The molecule has 2 aromatic carbocycles. The summed E-state index contributed by atoms with van der Waals surface area (Å²) in [4.78, 5) is 12.2. The Morgan fingerprint density at radius 1 is 1.17 bits per heavy atom. The van der Waals surface area contributed by atoms with Crippen LogP contribution in [0, 0.1) is 12.8 Å². The van der Waals surface area contributed by atoms with Crippen molar-refractivity contribution in [3.05, 3.63) is 63.1 Å². The topological polar surface area (TPSA) is 56.8 Å². The first-order chi connectivity index (χ1) is 14.0. The minimum Gasteiger partial charge on any atom is -0.493 e. The summed E-state index contributed by atoms with van der Waals surface area (Å²) in [6.45, 7) is 1.97. The second-order valence-corrected chi connectivity index (χ2v) is 8.26. The van der Waals surface area contributed by atoms with Crippen molar-refractivity contribution in [2.45, 2.75) is 25.3 Å². The zero-order valence-electron chi connectivity index (χ0n) is 16.9. The van der Waals surface area contributed by atoms with E-state index in [0.29, 0.717) is 28.9 Å². The fourth-order valence-electron chi connectivity index (χ4n) is 4.59. The highest BCUT2D eigenvalue weighted by atomic mass is 79.9. The molecule has 1 heterocycles. The van der Waals surface area contributed by atoms with Crippen LogP contribution in [0.3, 0.4) is 0 Å². The van der Waals surface area contributed by atoms with Gasteiger partial charge in [-0.1, -0.05) is 18.2 Å². The molecule has 152 valence electrons. The fourth-order valence-corrected chi connectivity index (χ4v) is 5.21. The predicted octanol–water partition coefficient (Wildman–Crippen LogP) is 5.39. The lowest BCUT2D eigenvalue weighted by atomic mass is 9.76. The van der Waals surface area contributed by atoms with Gasteiger partial charge in [0.15, 0.2) is 11.5 Å². The van der Waals surface area contributed by atoms with Crippen molar-refractivity contribution in [3.63, 3.8) is 0 Å². The number of benzene rings is 2. The summed E-state index contributed by atoms with van der Waals surface area (Å²) in [6, 6.07) is 8.11. The lowest BCUT2D eigenvalue weighted by molar-refractivity contribution is 0.0600. The smallest absolute Gasteiger partial charge is 0.338 e. The number of methoxy groups -OCH3 is 3. The van der Waals surface area contributed by atoms with E-state index >= 15 is 0 Å². The molecule has 0 aromatic heterocycles. The first-order valence-corrected chi connectivity index (χ1v) is 10.4. The minimum atomic E-state index is -0.318. The van der Waals surface area contributed by atoms with Gasteiger partial charge in [0.05, 0.1) is 37.4 Å². The number of hydrogen-bond donors (Lipinski definition) is 1. The average molecular weight is 458 g/mol. The third-order valence-corrected chi connectivity index (χ3v) is 6.61. The molecule has 3 atom stereocenters. The Hall–Kier alpha value is -2.47. The average Bonchev–Trinajstić information content (AvgIpc) is 3.22. The van der Waals surface area contributed by atoms with E-state index in [0.717, 1.165) is 27.7 Å². The molecule has 2 aromatic rings. The van der Waals surface area contributed by atoms with E-state index in [1.807, 2.05) is 19.1 Å². The Labute approximate surface area is 179 Å². The number of allylic oxidation sites excluding steroid dienone is 2. The highest BCUT2D eigenvalue weighted by molar-refractivity contribution is 9.10. The summed E-state index contributed by atoms with van der Waals surface area (Å²) >= 11 is 3.61. The first kappa shape index (κ1) is 19.8. The van der Waals surface area contributed by atoms with E-state index in [2.05, 4.69) is 45.5 Å². The van der Waals surface area contributed by atoms with Gasteiger partial charge in [-0.2, -0.15) is 0 Å². The summed E-state index contributed by atoms with van der Waals surface area (Å²) in [5.74, 6) is 1.73. The van der Waals surface area contributed by atoms with Crippen LogP contribution in [0.15, 0.2) is 40.9 Å². The first-order valence-electron chi connectivity index (χ1n) is 9.56. The number of carbonyl (C=O) groups is 1. The zero-order chi connectivity index (χ0) is 20.7. The summed E-state index contributed by atoms with van der Waals surface area (Å²) in [6.07, 6.45) is 5.52. The maximum Gasteiger partial charge on any atom is 0.338 e. The van der Waals surface area contributed by atoms with Gasteiger partial charge in [-0.25, -0.2) is 4.79 Å². The maximum absolute atomic E-state index is 12.2. The number of rotatable bonds is 4. The largest absolute Gasteiger partial charge is 0.493 e. The highest BCUT2D eigenvalue weighted by Crippen LogP contribution is 2.52. The summed E-state index contributed by atoms with van der Waals surface area (Å²) < 4.78 is 16.8. The normalized spacial score (nSPS) is 21.8. The minimum absolute atomic E-state index is 0.0743. The molecule has 1 N–H and O–H groups in total. The Morgan fingerprint density at radius 3 is 2.66 bits per heavy atom. The van der Waals surface area contributed by atoms with E-state index in [-0.39, 0.29) is 12.0 Å². The van der Waals surface area contributed by atoms with Gasteiger partial charge in [-0.15, -0.1) is 0 Å². The van der Waals surface area contributed by atoms with Gasteiger partial charge in [0.1, 0.15) is 0 Å². The van der Waals surface area contributed by atoms with Gasteiger partial charge >= 0.3 is 5.97 Å². The van der Waals surface area contributed by atoms with Crippen LogP contribution in [0.5, 0.6) is 11.5 Å². The molecule has 0 radical (unpaired) electrons. The van der Waals surface area contributed by atoms with E-state index < -0.39 is 0 Å². The fraction of sp³-hybridized carbons (Fsp3) is 0.348. The van der Waals surface area contributed by atoms with Crippen molar-refractivity contribution < 1.29 is 19.0 Å². The zero-order valence-corrected chi connectivity index (χ0v) is 18.5. The molecule has 0 saturated carbocycles. The van der Waals surface area contributed by atoms with Crippen LogP contribution in [0.2, 0.25) is 0 Å². The second kappa shape index (κ2) is 7.75. The van der Waals surface area contributed by atoms with Crippen LogP contribution in [0.25, 0.3) is 0 Å². The van der Waals surface area contributed by atoms with Crippen molar-refractivity contribution in [3.8, 4) is 11.5 Å². The van der Waals surface area contributed by atoms with Crippen LogP contribution in [-0.4, -0.2) is 27.3 Å². The van der Waals surface area contributed by atoms with Crippen molar-refractivity contribution in [2.24, 2.45) is 5.92 Å². The molecule has 4 rings (SSSR count). The van der Waals surface area contributed by atoms with E-state index in [1.54, 1.807) is 14.2 Å². The number of anilines is 1. The molecule has 6 heteroatoms. The maximum atomic E-state index is 12.2. The van der Waals surface area contributed by atoms with Gasteiger partial charge in [0.25, 0.3) is 0 Å². The molecule has 0 saturated heterocycles. The van der Waals surface area contributed by atoms with E-state index in [4.69, 9.17) is 14.2 Å². The number of hydrogen-bond acceptors (Lipinski definition) is 5. The number of ether oxygens (including phenoxy) is 3. The summed E-state index contributed by atoms with van der Waals surface area (Å²) in [5, 5.41) is 3.72. The van der Waals surface area contributed by atoms with Crippen LogP contribution in [-0.2, 0) is 4.74 Å². The van der Waals surface area contributed by atoms with E-state index in [9.17, 15) is 4.79 Å². The Kier molecular flexibility index (Phi) is 5.30. The molecule has 0 spiro atoms.